The van der Waals surface area contributed by atoms with E-state index in [4.69, 9.17) is 4.42 Å². The fourth-order valence-electron chi connectivity index (χ4n) is 1.43. The largest absolute Gasteiger partial charge is 0.467 e. The Bertz CT molecular complexity index is 477. The van der Waals surface area contributed by atoms with Crippen LogP contribution in [0.5, 0.6) is 0 Å². The topological polar surface area (TPSA) is 42.2 Å². The van der Waals surface area contributed by atoms with Gasteiger partial charge >= 0.3 is 0 Å². The first kappa shape index (κ1) is 11.9. The Balaban J connectivity index is 1.95. The molecule has 0 fully saturated rings. The Hall–Kier alpha value is -1.55. The molecule has 0 aliphatic rings. The van der Waals surface area contributed by atoms with E-state index < -0.39 is 0 Å². The van der Waals surface area contributed by atoms with Crippen molar-refractivity contribution in [3.63, 3.8) is 0 Å². The van der Waals surface area contributed by atoms with Gasteiger partial charge in [-0.25, -0.2) is 0 Å². The average molecular weight is 294 g/mol. The van der Waals surface area contributed by atoms with Gasteiger partial charge in [-0.05, 0) is 29.8 Å². The number of rotatable bonds is 4. The summed E-state index contributed by atoms with van der Waals surface area (Å²) in [6, 6.07) is 11.1. The molecule has 2 rings (SSSR count). The van der Waals surface area contributed by atoms with Gasteiger partial charge in [0.2, 0.25) is 0 Å². The van der Waals surface area contributed by atoms with E-state index in [-0.39, 0.29) is 5.91 Å². The van der Waals surface area contributed by atoms with Crippen molar-refractivity contribution in [2.75, 3.05) is 0 Å². The number of amides is 1. The highest BCUT2D eigenvalue weighted by Gasteiger charge is 2.05. The van der Waals surface area contributed by atoms with Crippen LogP contribution in [-0.4, -0.2) is 5.91 Å². The summed E-state index contributed by atoms with van der Waals surface area (Å²) in [6.07, 6.45) is 1.59. The van der Waals surface area contributed by atoms with Gasteiger partial charge in [0, 0.05) is 10.9 Å². The van der Waals surface area contributed by atoms with Gasteiger partial charge in [-0.2, -0.15) is 0 Å². The minimum Gasteiger partial charge on any atom is -0.467 e. The number of carbonyl (C=O) groups excluding carboxylic acids is 1. The minimum atomic E-state index is -0.0949. The number of alkyl halides is 1. The summed E-state index contributed by atoms with van der Waals surface area (Å²) in [5.41, 5.74) is 1.80. The lowest BCUT2D eigenvalue weighted by atomic mass is 10.1. The second kappa shape index (κ2) is 5.68. The normalized spacial score (nSPS) is 10.2. The van der Waals surface area contributed by atoms with E-state index in [1.165, 1.54) is 0 Å². The van der Waals surface area contributed by atoms with Crippen molar-refractivity contribution in [3.8, 4) is 0 Å². The fraction of sp³-hybridized carbons (Fsp3) is 0.154. The molecule has 0 bridgehead atoms. The summed E-state index contributed by atoms with van der Waals surface area (Å²) in [7, 11) is 0. The lowest BCUT2D eigenvalue weighted by Crippen LogP contribution is -2.22. The number of nitrogens with one attached hydrogen (secondary N) is 1. The maximum atomic E-state index is 11.8. The molecule has 0 saturated heterocycles. The highest BCUT2D eigenvalue weighted by atomic mass is 79.9. The van der Waals surface area contributed by atoms with E-state index >= 15 is 0 Å². The lowest BCUT2D eigenvalue weighted by molar-refractivity contribution is 0.0948. The van der Waals surface area contributed by atoms with Gasteiger partial charge in [0.1, 0.15) is 5.76 Å². The molecule has 88 valence electrons. The van der Waals surface area contributed by atoms with E-state index in [1.807, 2.05) is 30.3 Å². The Morgan fingerprint density at radius 1 is 1.24 bits per heavy atom. The van der Waals surface area contributed by atoms with E-state index in [2.05, 4.69) is 21.2 Å². The average Bonchev–Trinajstić information content (AvgIpc) is 2.89. The summed E-state index contributed by atoms with van der Waals surface area (Å²) in [6.45, 7) is 0.409. The van der Waals surface area contributed by atoms with Crippen molar-refractivity contribution >= 4 is 21.8 Å². The molecule has 0 aliphatic heterocycles. The molecule has 0 unspecified atom stereocenters. The van der Waals surface area contributed by atoms with Crippen LogP contribution in [-0.2, 0) is 11.9 Å². The number of halogens is 1. The molecule has 0 saturated carbocycles. The molecule has 3 nitrogen and oxygen atoms in total. The van der Waals surface area contributed by atoms with E-state index in [1.54, 1.807) is 12.3 Å². The second-order valence-corrected chi connectivity index (χ2v) is 4.15. The Morgan fingerprint density at radius 2 is 2.00 bits per heavy atom. The van der Waals surface area contributed by atoms with Crippen LogP contribution in [0.4, 0.5) is 0 Å². The Morgan fingerprint density at radius 3 is 2.59 bits per heavy atom. The molecule has 17 heavy (non-hydrogen) atoms. The molecule has 1 N–H and O–H groups in total. The first-order valence-electron chi connectivity index (χ1n) is 5.25. The van der Waals surface area contributed by atoms with Crippen LogP contribution in [0, 0.1) is 0 Å². The molecule has 1 aromatic heterocycles. The number of furan rings is 1. The maximum absolute atomic E-state index is 11.8. The third-order valence-corrected chi connectivity index (χ3v) is 3.02. The van der Waals surface area contributed by atoms with Crippen LogP contribution >= 0.6 is 15.9 Å². The zero-order valence-corrected chi connectivity index (χ0v) is 10.7. The summed E-state index contributed by atoms with van der Waals surface area (Å²) in [5.74, 6) is 0.651. The summed E-state index contributed by atoms with van der Waals surface area (Å²) < 4.78 is 5.14. The van der Waals surface area contributed by atoms with Crippen molar-refractivity contribution < 1.29 is 9.21 Å². The highest BCUT2D eigenvalue weighted by molar-refractivity contribution is 9.08. The highest BCUT2D eigenvalue weighted by Crippen LogP contribution is 2.08. The predicted octanol–water partition coefficient (Wildman–Crippen LogP) is 3.10. The van der Waals surface area contributed by atoms with Gasteiger partial charge in [-0.15, -0.1) is 0 Å². The second-order valence-electron chi connectivity index (χ2n) is 3.59. The van der Waals surface area contributed by atoms with Crippen molar-refractivity contribution in [2.45, 2.75) is 11.9 Å². The van der Waals surface area contributed by atoms with E-state index in [9.17, 15) is 4.79 Å². The molecular formula is C13H12BrNO2. The van der Waals surface area contributed by atoms with Gasteiger partial charge < -0.3 is 9.73 Å². The molecule has 4 heteroatoms. The fourth-order valence-corrected chi connectivity index (χ4v) is 1.80. The molecule has 1 aromatic carbocycles. The SMILES string of the molecule is O=C(NCc1ccco1)c1ccc(CBr)cc1. The van der Waals surface area contributed by atoms with Gasteiger partial charge in [-0.1, -0.05) is 28.1 Å². The van der Waals surface area contributed by atoms with Gasteiger partial charge in [0.25, 0.3) is 5.91 Å². The van der Waals surface area contributed by atoms with Crippen LogP contribution in [0.25, 0.3) is 0 Å². The Labute approximate surface area is 108 Å². The molecule has 0 spiro atoms. The summed E-state index contributed by atoms with van der Waals surface area (Å²) in [5, 5.41) is 3.59. The number of carbonyl (C=O) groups is 1. The molecule has 0 atom stereocenters. The van der Waals surface area contributed by atoms with Crippen molar-refractivity contribution in [1.82, 2.24) is 5.32 Å². The Kier molecular flexibility index (Phi) is 3.98. The zero-order chi connectivity index (χ0) is 12.1. The number of hydrogen-bond acceptors (Lipinski definition) is 2. The predicted molar refractivity (Wildman–Crippen MR) is 69.0 cm³/mol. The lowest BCUT2D eigenvalue weighted by Gasteiger charge is -2.03. The quantitative estimate of drug-likeness (QED) is 0.880. The molecule has 0 aliphatic carbocycles. The van der Waals surface area contributed by atoms with Crippen LogP contribution in [0.3, 0.4) is 0 Å². The van der Waals surface area contributed by atoms with E-state index in [0.717, 1.165) is 16.7 Å². The summed E-state index contributed by atoms with van der Waals surface area (Å²) in [4.78, 5) is 11.8. The third kappa shape index (κ3) is 3.20. The van der Waals surface area contributed by atoms with Crippen molar-refractivity contribution in [3.05, 3.63) is 59.5 Å². The monoisotopic (exact) mass is 293 g/mol. The van der Waals surface area contributed by atoms with Gasteiger partial charge in [-0.3, -0.25) is 4.79 Å². The summed E-state index contributed by atoms with van der Waals surface area (Å²) >= 11 is 3.36. The van der Waals surface area contributed by atoms with Crippen LogP contribution < -0.4 is 5.32 Å². The van der Waals surface area contributed by atoms with Crippen molar-refractivity contribution in [1.29, 1.82) is 0 Å². The van der Waals surface area contributed by atoms with Gasteiger partial charge in [0.15, 0.2) is 0 Å². The van der Waals surface area contributed by atoms with E-state index in [0.29, 0.717) is 12.1 Å². The maximum Gasteiger partial charge on any atom is 0.251 e. The van der Waals surface area contributed by atoms with Crippen molar-refractivity contribution in [2.24, 2.45) is 0 Å². The number of benzene rings is 1. The molecule has 0 radical (unpaired) electrons. The third-order valence-electron chi connectivity index (χ3n) is 2.37. The van der Waals surface area contributed by atoms with Crippen LogP contribution in [0.2, 0.25) is 0 Å². The van der Waals surface area contributed by atoms with Crippen LogP contribution in [0.15, 0.2) is 47.1 Å². The molecule has 2 aromatic rings. The molecular weight excluding hydrogens is 282 g/mol. The zero-order valence-electron chi connectivity index (χ0n) is 9.15. The first-order chi connectivity index (χ1) is 8.29. The molecule has 1 amide bonds. The minimum absolute atomic E-state index is 0.0949. The number of hydrogen-bond donors (Lipinski definition) is 1. The first-order valence-corrected chi connectivity index (χ1v) is 6.37. The smallest absolute Gasteiger partial charge is 0.251 e. The molecule has 1 heterocycles. The van der Waals surface area contributed by atoms with Gasteiger partial charge in [0.05, 0.1) is 12.8 Å². The standard InChI is InChI=1S/C13H12BrNO2/c14-8-10-3-5-11(6-4-10)13(16)15-9-12-2-1-7-17-12/h1-7H,8-9H2,(H,15,16). The van der Waals surface area contributed by atoms with Crippen LogP contribution in [0.1, 0.15) is 21.7 Å².